The van der Waals surface area contributed by atoms with Crippen LogP contribution >= 0.6 is 11.6 Å². The number of hydrogen-bond acceptors (Lipinski definition) is 4. The molecule has 1 aromatic rings. The smallest absolute Gasteiger partial charge is 0.325 e. The zero-order chi connectivity index (χ0) is 24.1. The summed E-state index contributed by atoms with van der Waals surface area (Å²) in [7, 11) is 0. The van der Waals surface area contributed by atoms with Gasteiger partial charge in [-0.25, -0.2) is 0 Å². The molecule has 1 heterocycles. The molecule has 0 spiro atoms. The number of amides is 1. The molecule has 186 valence electrons. The summed E-state index contributed by atoms with van der Waals surface area (Å²) >= 11 is 5.64. The molecule has 4 aliphatic carbocycles. The fourth-order valence-corrected chi connectivity index (χ4v) is 7.38. The topological polar surface area (TPSA) is 52.7 Å². The second kappa shape index (κ2) is 9.10. The minimum atomic E-state index is -4.58. The molecule has 0 radical (unpaired) electrons. The van der Waals surface area contributed by atoms with E-state index in [9.17, 15) is 22.8 Å². The fraction of sp³-hybridized carbons (Fsp3) is 0.680. The summed E-state index contributed by atoms with van der Waals surface area (Å²) in [5, 5.41) is 2.14. The highest BCUT2D eigenvalue weighted by Gasteiger charge is 2.54. The Balaban J connectivity index is 1.09. The normalized spacial score (nSPS) is 31.6. The first kappa shape index (κ1) is 24.1. The maximum Gasteiger partial charge on any atom is 0.417 e. The van der Waals surface area contributed by atoms with Crippen LogP contribution in [-0.4, -0.2) is 60.8 Å². The van der Waals surface area contributed by atoms with Crippen molar-refractivity contribution in [2.24, 2.45) is 23.2 Å². The maximum absolute atomic E-state index is 13.3. The van der Waals surface area contributed by atoms with Gasteiger partial charge in [-0.1, -0.05) is 11.6 Å². The molecule has 0 atom stereocenters. The van der Waals surface area contributed by atoms with Crippen LogP contribution < -0.4 is 5.32 Å². The Labute approximate surface area is 203 Å². The summed E-state index contributed by atoms with van der Waals surface area (Å²) in [5.41, 5.74) is -0.981. The van der Waals surface area contributed by atoms with E-state index in [1.54, 1.807) is 0 Å². The first-order valence-corrected chi connectivity index (χ1v) is 12.6. The SMILES string of the molecule is O=C(CN1CCN(CC(=O)C23CC4CC(CC(C4)C2)C3)CC1)Nc1ccc(Cl)c(C(F)(F)F)c1. The molecule has 5 fully saturated rings. The number of alkyl halides is 3. The van der Waals surface area contributed by atoms with E-state index in [-0.39, 0.29) is 23.6 Å². The molecule has 1 aliphatic heterocycles. The standard InChI is InChI=1S/C25H31ClF3N3O2/c26-21-2-1-19(10-20(21)25(27,28)29)30-23(34)15-32-5-3-31(4-6-32)14-22(33)24-11-16-7-17(12-24)9-18(8-16)13-24/h1-2,10,16-18H,3-9,11-15H2,(H,30,34). The van der Waals surface area contributed by atoms with Gasteiger partial charge in [-0.3, -0.25) is 19.4 Å². The van der Waals surface area contributed by atoms with E-state index in [0.29, 0.717) is 38.5 Å². The quantitative estimate of drug-likeness (QED) is 0.619. The molecular weight excluding hydrogens is 467 g/mol. The van der Waals surface area contributed by atoms with E-state index in [2.05, 4.69) is 10.2 Å². The Bertz CT molecular complexity index is 924. The Morgan fingerprint density at radius 3 is 2.00 bits per heavy atom. The number of nitrogens with zero attached hydrogens (tertiary/aromatic N) is 2. The van der Waals surface area contributed by atoms with Crippen LogP contribution in [0.15, 0.2) is 18.2 Å². The zero-order valence-corrected chi connectivity index (χ0v) is 19.9. The largest absolute Gasteiger partial charge is 0.417 e. The molecule has 5 aliphatic rings. The predicted molar refractivity (Wildman–Crippen MR) is 124 cm³/mol. The van der Waals surface area contributed by atoms with Gasteiger partial charge in [-0.05, 0) is 74.5 Å². The number of carbonyl (C=O) groups excluding carboxylic acids is 2. The number of anilines is 1. The van der Waals surface area contributed by atoms with Gasteiger partial charge in [0.2, 0.25) is 5.91 Å². The number of benzene rings is 1. The van der Waals surface area contributed by atoms with Crippen molar-refractivity contribution in [2.45, 2.75) is 44.7 Å². The van der Waals surface area contributed by atoms with Gasteiger partial charge >= 0.3 is 6.18 Å². The molecule has 4 bridgehead atoms. The number of nitrogens with one attached hydrogen (secondary N) is 1. The van der Waals surface area contributed by atoms with E-state index in [1.165, 1.54) is 25.3 Å². The maximum atomic E-state index is 13.3. The molecule has 34 heavy (non-hydrogen) atoms. The van der Waals surface area contributed by atoms with Gasteiger partial charge in [-0.2, -0.15) is 13.2 Å². The molecular formula is C25H31ClF3N3O2. The first-order chi connectivity index (χ1) is 16.1. The Hall–Kier alpha value is -1.64. The van der Waals surface area contributed by atoms with Crippen LogP contribution in [0.25, 0.3) is 0 Å². The third kappa shape index (κ3) is 5.00. The highest BCUT2D eigenvalue weighted by atomic mass is 35.5. The lowest BCUT2D eigenvalue weighted by molar-refractivity contribution is -0.145. The Morgan fingerprint density at radius 2 is 1.47 bits per heavy atom. The highest BCUT2D eigenvalue weighted by molar-refractivity contribution is 6.31. The average Bonchev–Trinajstić information content (AvgIpc) is 2.75. The lowest BCUT2D eigenvalue weighted by Gasteiger charge is -2.56. The van der Waals surface area contributed by atoms with Crippen molar-refractivity contribution < 1.29 is 22.8 Å². The lowest BCUT2D eigenvalue weighted by atomic mass is 9.48. The summed E-state index contributed by atoms with van der Waals surface area (Å²) in [6.45, 7) is 3.32. The summed E-state index contributed by atoms with van der Waals surface area (Å²) < 4.78 is 39.1. The van der Waals surface area contributed by atoms with Gasteiger partial charge in [-0.15, -0.1) is 0 Å². The lowest BCUT2D eigenvalue weighted by Crippen LogP contribution is -2.55. The number of ketones is 1. The van der Waals surface area contributed by atoms with Gasteiger partial charge in [0.05, 0.1) is 23.7 Å². The van der Waals surface area contributed by atoms with Gasteiger partial charge in [0.15, 0.2) is 5.78 Å². The van der Waals surface area contributed by atoms with E-state index >= 15 is 0 Å². The predicted octanol–water partition coefficient (Wildman–Crippen LogP) is 4.70. The van der Waals surface area contributed by atoms with Crippen LogP contribution in [0.2, 0.25) is 5.02 Å². The highest BCUT2D eigenvalue weighted by Crippen LogP contribution is 2.60. The molecule has 0 aromatic heterocycles. The second-order valence-electron chi connectivity index (χ2n) is 10.9. The van der Waals surface area contributed by atoms with Crippen molar-refractivity contribution in [3.05, 3.63) is 28.8 Å². The van der Waals surface area contributed by atoms with Crippen LogP contribution in [0.5, 0.6) is 0 Å². The van der Waals surface area contributed by atoms with E-state index in [0.717, 1.165) is 49.1 Å². The van der Waals surface area contributed by atoms with Crippen LogP contribution in [0.3, 0.4) is 0 Å². The van der Waals surface area contributed by atoms with Gasteiger partial charge in [0.25, 0.3) is 0 Å². The van der Waals surface area contributed by atoms with Crippen molar-refractivity contribution in [2.75, 3.05) is 44.6 Å². The third-order valence-electron chi connectivity index (χ3n) is 8.38. The van der Waals surface area contributed by atoms with Crippen LogP contribution in [0.1, 0.15) is 44.1 Å². The van der Waals surface area contributed by atoms with Gasteiger partial charge in [0.1, 0.15) is 0 Å². The number of carbonyl (C=O) groups is 2. The number of rotatable bonds is 6. The molecule has 5 nitrogen and oxygen atoms in total. The average molecular weight is 498 g/mol. The number of piperazine rings is 1. The third-order valence-corrected chi connectivity index (χ3v) is 8.71. The molecule has 1 amide bonds. The zero-order valence-electron chi connectivity index (χ0n) is 19.2. The van der Waals surface area contributed by atoms with Crippen LogP contribution in [0, 0.1) is 23.2 Å². The van der Waals surface area contributed by atoms with Crippen LogP contribution in [-0.2, 0) is 15.8 Å². The van der Waals surface area contributed by atoms with Gasteiger partial charge < -0.3 is 5.32 Å². The van der Waals surface area contributed by atoms with Gasteiger partial charge in [0, 0.05) is 37.3 Å². The molecule has 0 unspecified atom stereocenters. The Kier molecular flexibility index (Phi) is 6.44. The molecule has 9 heteroatoms. The van der Waals surface area contributed by atoms with Crippen molar-refractivity contribution in [1.29, 1.82) is 0 Å². The second-order valence-corrected chi connectivity index (χ2v) is 11.3. The molecule has 6 rings (SSSR count). The minimum Gasteiger partial charge on any atom is -0.325 e. The van der Waals surface area contributed by atoms with Crippen molar-refractivity contribution in [3.63, 3.8) is 0 Å². The molecule has 1 saturated heterocycles. The summed E-state index contributed by atoms with van der Waals surface area (Å²) in [6, 6.07) is 3.36. The minimum absolute atomic E-state index is 0.0709. The summed E-state index contributed by atoms with van der Waals surface area (Å²) in [5.74, 6) is 2.30. The van der Waals surface area contributed by atoms with E-state index in [4.69, 9.17) is 11.6 Å². The summed E-state index contributed by atoms with van der Waals surface area (Å²) in [4.78, 5) is 29.9. The molecule has 4 saturated carbocycles. The van der Waals surface area contributed by atoms with Crippen molar-refractivity contribution in [1.82, 2.24) is 9.80 Å². The molecule has 1 aromatic carbocycles. The first-order valence-electron chi connectivity index (χ1n) is 12.2. The van der Waals surface area contributed by atoms with E-state index < -0.39 is 16.8 Å². The number of halogens is 4. The fourth-order valence-electron chi connectivity index (χ4n) is 7.15. The monoisotopic (exact) mass is 497 g/mol. The van der Waals surface area contributed by atoms with Crippen molar-refractivity contribution >= 4 is 29.0 Å². The molecule has 1 N–H and O–H groups in total. The summed E-state index contributed by atoms with van der Waals surface area (Å²) in [6.07, 6.45) is 2.63. The van der Waals surface area contributed by atoms with Crippen LogP contribution in [0.4, 0.5) is 18.9 Å². The number of hydrogen-bond donors (Lipinski definition) is 1. The van der Waals surface area contributed by atoms with E-state index in [1.807, 2.05) is 4.90 Å². The number of Topliss-reactive ketones (excluding diaryl/α,β-unsaturated/α-hetero) is 1. The van der Waals surface area contributed by atoms with Crippen molar-refractivity contribution in [3.8, 4) is 0 Å². The Morgan fingerprint density at radius 1 is 0.941 bits per heavy atom.